The number of unbranched alkanes of at least 4 members (excludes halogenated alkanes) is 1. The molecule has 2 aromatic carbocycles. The minimum Gasteiger partial charge on any atom is -0.494 e. The van der Waals surface area contributed by atoms with Gasteiger partial charge in [0.15, 0.2) is 0 Å². The Kier molecular flexibility index (Phi) is 6.03. The summed E-state index contributed by atoms with van der Waals surface area (Å²) in [6.45, 7) is 1.21. The molecule has 0 amide bonds. The third-order valence-corrected chi connectivity index (χ3v) is 3.35. The van der Waals surface area contributed by atoms with Gasteiger partial charge in [0.1, 0.15) is 11.5 Å². The SMILES string of the molecule is Nc1cccc(OCCCCOc2ccc(Cl)cc2Cl)c1. The molecule has 0 bridgehead atoms. The zero-order valence-electron chi connectivity index (χ0n) is 11.5. The molecule has 0 aliphatic rings. The van der Waals surface area contributed by atoms with Crippen LogP contribution in [-0.2, 0) is 0 Å². The highest BCUT2D eigenvalue weighted by molar-refractivity contribution is 6.35. The Bertz CT molecular complexity index is 590. The summed E-state index contributed by atoms with van der Waals surface area (Å²) >= 11 is 11.8. The van der Waals surface area contributed by atoms with Crippen molar-refractivity contribution in [2.75, 3.05) is 18.9 Å². The van der Waals surface area contributed by atoms with Crippen LogP contribution in [0.5, 0.6) is 11.5 Å². The van der Waals surface area contributed by atoms with Crippen LogP contribution in [0.4, 0.5) is 5.69 Å². The van der Waals surface area contributed by atoms with Crippen LogP contribution < -0.4 is 15.2 Å². The maximum atomic E-state index is 6.02. The molecule has 0 aromatic heterocycles. The van der Waals surface area contributed by atoms with E-state index in [1.807, 2.05) is 24.3 Å². The molecule has 0 atom stereocenters. The zero-order valence-corrected chi connectivity index (χ0v) is 13.0. The molecule has 5 heteroatoms. The lowest BCUT2D eigenvalue weighted by molar-refractivity contribution is 0.266. The smallest absolute Gasteiger partial charge is 0.137 e. The lowest BCUT2D eigenvalue weighted by atomic mass is 10.3. The van der Waals surface area contributed by atoms with E-state index in [0.717, 1.165) is 18.6 Å². The fourth-order valence-corrected chi connectivity index (χ4v) is 2.24. The molecule has 0 spiro atoms. The second-order valence-electron chi connectivity index (χ2n) is 4.55. The van der Waals surface area contributed by atoms with E-state index in [0.29, 0.717) is 34.7 Å². The molecule has 0 unspecified atom stereocenters. The van der Waals surface area contributed by atoms with Crippen molar-refractivity contribution in [3.63, 3.8) is 0 Å². The molecular formula is C16H17Cl2NO2. The molecule has 0 saturated heterocycles. The van der Waals surface area contributed by atoms with E-state index in [4.69, 9.17) is 38.4 Å². The van der Waals surface area contributed by atoms with Crippen molar-refractivity contribution in [3.8, 4) is 11.5 Å². The first kappa shape index (κ1) is 15.8. The summed E-state index contributed by atoms with van der Waals surface area (Å²) in [5, 5.41) is 1.13. The third-order valence-electron chi connectivity index (χ3n) is 2.82. The second kappa shape index (κ2) is 8.01. The van der Waals surface area contributed by atoms with Crippen LogP contribution in [0.3, 0.4) is 0 Å². The molecular weight excluding hydrogens is 309 g/mol. The van der Waals surface area contributed by atoms with Gasteiger partial charge in [0.25, 0.3) is 0 Å². The predicted molar refractivity (Wildman–Crippen MR) is 87.5 cm³/mol. The molecule has 2 aromatic rings. The Balaban J connectivity index is 1.64. The molecule has 3 nitrogen and oxygen atoms in total. The maximum absolute atomic E-state index is 6.02. The number of anilines is 1. The minimum atomic E-state index is 0.526. The van der Waals surface area contributed by atoms with Crippen molar-refractivity contribution in [2.45, 2.75) is 12.8 Å². The molecule has 0 aliphatic carbocycles. The quantitative estimate of drug-likeness (QED) is 0.586. The van der Waals surface area contributed by atoms with E-state index >= 15 is 0 Å². The number of hydrogen-bond donors (Lipinski definition) is 1. The van der Waals surface area contributed by atoms with Crippen LogP contribution in [0.1, 0.15) is 12.8 Å². The van der Waals surface area contributed by atoms with E-state index < -0.39 is 0 Å². The topological polar surface area (TPSA) is 44.5 Å². The van der Waals surface area contributed by atoms with Gasteiger partial charge >= 0.3 is 0 Å². The standard InChI is InChI=1S/C16H17Cl2NO2/c17-12-6-7-16(15(18)10-12)21-9-2-1-8-20-14-5-3-4-13(19)11-14/h3-7,10-11H,1-2,8-9,19H2. The number of benzene rings is 2. The van der Waals surface area contributed by atoms with Crippen molar-refractivity contribution in [2.24, 2.45) is 0 Å². The highest BCUT2D eigenvalue weighted by Gasteiger charge is 2.02. The number of halogens is 2. The van der Waals surface area contributed by atoms with Crippen LogP contribution in [0.2, 0.25) is 10.0 Å². The highest BCUT2D eigenvalue weighted by Crippen LogP contribution is 2.27. The Morgan fingerprint density at radius 3 is 2.38 bits per heavy atom. The number of nitrogen functional groups attached to an aromatic ring is 1. The predicted octanol–water partition coefficient (Wildman–Crippen LogP) is 4.81. The Labute approximate surface area is 134 Å². The second-order valence-corrected chi connectivity index (χ2v) is 5.39. The van der Waals surface area contributed by atoms with Crippen molar-refractivity contribution in [1.82, 2.24) is 0 Å². The summed E-state index contributed by atoms with van der Waals surface area (Å²) in [5.41, 5.74) is 6.38. The van der Waals surface area contributed by atoms with Crippen molar-refractivity contribution in [1.29, 1.82) is 0 Å². The summed E-state index contributed by atoms with van der Waals surface area (Å²) in [7, 11) is 0. The van der Waals surface area contributed by atoms with Crippen LogP contribution >= 0.6 is 23.2 Å². The summed E-state index contributed by atoms with van der Waals surface area (Å²) in [4.78, 5) is 0. The van der Waals surface area contributed by atoms with E-state index in [-0.39, 0.29) is 0 Å². The lowest BCUT2D eigenvalue weighted by Crippen LogP contribution is -2.03. The Morgan fingerprint density at radius 2 is 1.67 bits per heavy atom. The van der Waals surface area contributed by atoms with Crippen molar-refractivity contribution >= 4 is 28.9 Å². The van der Waals surface area contributed by atoms with Gasteiger partial charge < -0.3 is 15.2 Å². The van der Waals surface area contributed by atoms with Gasteiger partial charge in [0.05, 0.1) is 18.2 Å². The van der Waals surface area contributed by atoms with Crippen LogP contribution in [0.25, 0.3) is 0 Å². The Morgan fingerprint density at radius 1 is 0.905 bits per heavy atom. The van der Waals surface area contributed by atoms with E-state index in [1.165, 1.54) is 0 Å². The minimum absolute atomic E-state index is 0.526. The molecule has 0 fully saturated rings. The number of ether oxygens (including phenoxy) is 2. The largest absolute Gasteiger partial charge is 0.494 e. The summed E-state index contributed by atoms with van der Waals surface area (Å²) in [6, 6.07) is 12.6. The Hall–Kier alpha value is -1.58. The number of rotatable bonds is 7. The normalized spacial score (nSPS) is 10.4. The maximum Gasteiger partial charge on any atom is 0.137 e. The van der Waals surface area contributed by atoms with Gasteiger partial charge in [-0.05, 0) is 43.2 Å². The van der Waals surface area contributed by atoms with Gasteiger partial charge in [-0.25, -0.2) is 0 Å². The van der Waals surface area contributed by atoms with Gasteiger partial charge in [0, 0.05) is 16.8 Å². The number of nitrogens with two attached hydrogens (primary N) is 1. The first-order chi connectivity index (χ1) is 10.1. The third kappa shape index (κ3) is 5.37. The van der Waals surface area contributed by atoms with Gasteiger partial charge in [-0.1, -0.05) is 29.3 Å². The number of hydrogen-bond acceptors (Lipinski definition) is 3. The molecule has 0 heterocycles. The highest BCUT2D eigenvalue weighted by atomic mass is 35.5. The molecule has 0 radical (unpaired) electrons. The van der Waals surface area contributed by atoms with Crippen molar-refractivity contribution in [3.05, 3.63) is 52.5 Å². The molecule has 2 N–H and O–H groups in total. The lowest BCUT2D eigenvalue weighted by Gasteiger charge is -2.09. The first-order valence-electron chi connectivity index (χ1n) is 6.71. The summed E-state index contributed by atoms with van der Waals surface area (Å²) in [6.07, 6.45) is 1.77. The zero-order chi connectivity index (χ0) is 15.1. The molecule has 21 heavy (non-hydrogen) atoms. The molecule has 0 aliphatic heterocycles. The fourth-order valence-electron chi connectivity index (χ4n) is 1.77. The fraction of sp³-hybridized carbons (Fsp3) is 0.250. The van der Waals surface area contributed by atoms with Crippen LogP contribution in [0.15, 0.2) is 42.5 Å². The average molecular weight is 326 g/mol. The van der Waals surface area contributed by atoms with E-state index in [1.54, 1.807) is 18.2 Å². The van der Waals surface area contributed by atoms with Crippen LogP contribution in [0, 0.1) is 0 Å². The van der Waals surface area contributed by atoms with E-state index in [9.17, 15) is 0 Å². The van der Waals surface area contributed by atoms with Crippen molar-refractivity contribution < 1.29 is 9.47 Å². The van der Waals surface area contributed by atoms with Gasteiger partial charge in [-0.2, -0.15) is 0 Å². The summed E-state index contributed by atoms with van der Waals surface area (Å²) < 4.78 is 11.2. The average Bonchev–Trinajstić information content (AvgIpc) is 2.44. The van der Waals surface area contributed by atoms with Gasteiger partial charge in [-0.15, -0.1) is 0 Å². The van der Waals surface area contributed by atoms with Gasteiger partial charge in [0.2, 0.25) is 0 Å². The van der Waals surface area contributed by atoms with Gasteiger partial charge in [-0.3, -0.25) is 0 Å². The monoisotopic (exact) mass is 325 g/mol. The van der Waals surface area contributed by atoms with E-state index in [2.05, 4.69) is 0 Å². The molecule has 112 valence electrons. The first-order valence-corrected chi connectivity index (χ1v) is 7.47. The molecule has 0 saturated carbocycles. The van der Waals surface area contributed by atoms with Crippen LogP contribution in [-0.4, -0.2) is 13.2 Å². The molecule has 2 rings (SSSR count). The summed E-state index contributed by atoms with van der Waals surface area (Å²) in [5.74, 6) is 1.44.